The molecule has 1 aromatic rings. The second-order valence-electron chi connectivity index (χ2n) is 4.93. The van der Waals surface area contributed by atoms with E-state index in [1.165, 1.54) is 12.1 Å². The van der Waals surface area contributed by atoms with Gasteiger partial charge in [0, 0.05) is 12.8 Å². The molecule has 19 heavy (non-hydrogen) atoms. The van der Waals surface area contributed by atoms with Crippen molar-refractivity contribution in [3.05, 3.63) is 30.1 Å². The number of amides is 1. The number of benzene rings is 1. The summed E-state index contributed by atoms with van der Waals surface area (Å²) >= 11 is 0. The summed E-state index contributed by atoms with van der Waals surface area (Å²) < 4.78 is 18.3. The number of halogens is 1. The largest absolute Gasteiger partial charge is 0.384 e. The number of piperidine rings is 1. The van der Waals surface area contributed by atoms with E-state index in [1.54, 1.807) is 19.2 Å². The van der Waals surface area contributed by atoms with Gasteiger partial charge in [-0.2, -0.15) is 0 Å². The number of carbonyl (C=O) groups excluding carboxylic acids is 1. The summed E-state index contributed by atoms with van der Waals surface area (Å²) in [4.78, 5) is 12.4. The van der Waals surface area contributed by atoms with Crippen LogP contribution in [-0.4, -0.2) is 32.7 Å². The highest BCUT2D eigenvalue weighted by molar-refractivity contribution is 5.95. The quantitative estimate of drug-likeness (QED) is 0.873. The maximum absolute atomic E-state index is 13.1. The monoisotopic (exact) mass is 266 g/mol. The average molecular weight is 266 g/mol. The lowest BCUT2D eigenvalue weighted by Crippen LogP contribution is -2.47. The topological polar surface area (TPSA) is 50.4 Å². The second kappa shape index (κ2) is 6.12. The lowest BCUT2D eigenvalue weighted by molar-refractivity contribution is -0.130. The van der Waals surface area contributed by atoms with Crippen LogP contribution in [0.5, 0.6) is 0 Å². The number of hydrogen-bond acceptors (Lipinski definition) is 3. The van der Waals surface area contributed by atoms with E-state index < -0.39 is 5.41 Å². The third-order valence-corrected chi connectivity index (χ3v) is 3.55. The molecule has 1 aliphatic rings. The van der Waals surface area contributed by atoms with E-state index in [0.717, 1.165) is 25.9 Å². The van der Waals surface area contributed by atoms with Crippen LogP contribution in [0.1, 0.15) is 12.8 Å². The minimum atomic E-state index is -0.522. The highest BCUT2D eigenvalue weighted by Gasteiger charge is 2.39. The van der Waals surface area contributed by atoms with Gasteiger partial charge in [0.2, 0.25) is 5.91 Å². The molecule has 0 radical (unpaired) electrons. The van der Waals surface area contributed by atoms with Gasteiger partial charge >= 0.3 is 0 Å². The van der Waals surface area contributed by atoms with Crippen molar-refractivity contribution in [2.24, 2.45) is 5.41 Å². The van der Waals surface area contributed by atoms with Crippen molar-refractivity contribution in [1.29, 1.82) is 0 Å². The molecule has 1 aromatic carbocycles. The smallest absolute Gasteiger partial charge is 0.233 e. The van der Waals surface area contributed by atoms with Crippen LogP contribution in [0.25, 0.3) is 0 Å². The SMILES string of the molecule is COCC1(C(=O)Nc2cccc(F)c2)CCNCC1. The molecular weight excluding hydrogens is 247 g/mol. The van der Waals surface area contributed by atoms with E-state index in [-0.39, 0.29) is 11.7 Å². The van der Waals surface area contributed by atoms with Gasteiger partial charge < -0.3 is 15.4 Å². The highest BCUT2D eigenvalue weighted by atomic mass is 19.1. The van der Waals surface area contributed by atoms with Crippen LogP contribution in [0.15, 0.2) is 24.3 Å². The van der Waals surface area contributed by atoms with E-state index in [2.05, 4.69) is 10.6 Å². The molecule has 0 saturated carbocycles. The van der Waals surface area contributed by atoms with Crippen LogP contribution in [0.2, 0.25) is 0 Å². The molecule has 4 nitrogen and oxygen atoms in total. The Balaban J connectivity index is 2.11. The number of anilines is 1. The van der Waals surface area contributed by atoms with E-state index in [1.807, 2.05) is 0 Å². The Bertz CT molecular complexity index is 439. The first-order valence-corrected chi connectivity index (χ1v) is 6.43. The second-order valence-corrected chi connectivity index (χ2v) is 4.93. The van der Waals surface area contributed by atoms with Gasteiger partial charge in [0.25, 0.3) is 0 Å². The fourth-order valence-corrected chi connectivity index (χ4v) is 2.45. The average Bonchev–Trinajstić information content (AvgIpc) is 2.40. The minimum Gasteiger partial charge on any atom is -0.384 e. The summed E-state index contributed by atoms with van der Waals surface area (Å²) in [7, 11) is 1.60. The molecule has 0 unspecified atom stereocenters. The third-order valence-electron chi connectivity index (χ3n) is 3.55. The van der Waals surface area contributed by atoms with Crippen LogP contribution in [0, 0.1) is 11.2 Å². The Labute approximate surface area is 112 Å². The van der Waals surface area contributed by atoms with E-state index in [0.29, 0.717) is 12.3 Å². The van der Waals surface area contributed by atoms with Gasteiger partial charge in [-0.3, -0.25) is 4.79 Å². The molecule has 1 heterocycles. The van der Waals surface area contributed by atoms with Gasteiger partial charge in [-0.05, 0) is 44.1 Å². The number of methoxy groups -OCH3 is 1. The maximum atomic E-state index is 13.1. The molecule has 104 valence electrons. The van der Waals surface area contributed by atoms with E-state index in [4.69, 9.17) is 4.74 Å². The molecule has 5 heteroatoms. The summed E-state index contributed by atoms with van der Waals surface area (Å²) in [5.41, 5.74) is -0.0363. The number of hydrogen-bond donors (Lipinski definition) is 2. The van der Waals surface area contributed by atoms with Gasteiger partial charge in [0.05, 0.1) is 12.0 Å². The molecule has 1 fully saturated rings. The predicted molar refractivity (Wildman–Crippen MR) is 71.4 cm³/mol. The van der Waals surface area contributed by atoms with Crippen LogP contribution < -0.4 is 10.6 Å². The molecule has 1 aliphatic heterocycles. The molecule has 2 N–H and O–H groups in total. The molecule has 0 atom stereocenters. The summed E-state index contributed by atoms with van der Waals surface area (Å²) in [6.07, 6.45) is 1.45. The first-order valence-electron chi connectivity index (χ1n) is 6.43. The van der Waals surface area contributed by atoms with Crippen molar-refractivity contribution in [3.8, 4) is 0 Å². The zero-order valence-electron chi connectivity index (χ0n) is 11.0. The Morgan fingerprint density at radius 3 is 2.84 bits per heavy atom. The van der Waals surface area contributed by atoms with Crippen molar-refractivity contribution in [2.45, 2.75) is 12.8 Å². The number of nitrogens with one attached hydrogen (secondary N) is 2. The fraction of sp³-hybridized carbons (Fsp3) is 0.500. The normalized spacial score (nSPS) is 18.0. The van der Waals surface area contributed by atoms with Gasteiger partial charge in [0.15, 0.2) is 0 Å². The highest BCUT2D eigenvalue weighted by Crippen LogP contribution is 2.30. The molecule has 0 spiro atoms. The molecule has 1 amide bonds. The number of carbonyl (C=O) groups is 1. The van der Waals surface area contributed by atoms with Crippen LogP contribution in [0.3, 0.4) is 0 Å². The standard InChI is InChI=1S/C14H19FN2O2/c1-19-10-14(5-7-16-8-6-14)13(18)17-12-4-2-3-11(15)9-12/h2-4,9,16H,5-8,10H2,1H3,(H,17,18). The molecular formula is C14H19FN2O2. The van der Waals surface area contributed by atoms with Crippen molar-refractivity contribution >= 4 is 11.6 Å². The van der Waals surface area contributed by atoms with Crippen LogP contribution in [0.4, 0.5) is 10.1 Å². The Hall–Kier alpha value is -1.46. The third kappa shape index (κ3) is 3.30. The Morgan fingerprint density at radius 1 is 1.47 bits per heavy atom. The van der Waals surface area contributed by atoms with Gasteiger partial charge in [0.1, 0.15) is 5.82 Å². The van der Waals surface area contributed by atoms with Crippen molar-refractivity contribution < 1.29 is 13.9 Å². The van der Waals surface area contributed by atoms with Gasteiger partial charge in [-0.25, -0.2) is 4.39 Å². The molecule has 0 bridgehead atoms. The maximum Gasteiger partial charge on any atom is 0.233 e. The van der Waals surface area contributed by atoms with E-state index in [9.17, 15) is 9.18 Å². The first-order chi connectivity index (χ1) is 9.16. The lowest BCUT2D eigenvalue weighted by Gasteiger charge is -2.35. The van der Waals surface area contributed by atoms with Gasteiger partial charge in [-0.1, -0.05) is 6.07 Å². The van der Waals surface area contributed by atoms with Crippen molar-refractivity contribution in [2.75, 3.05) is 32.1 Å². The summed E-state index contributed by atoms with van der Waals surface area (Å²) in [5, 5.41) is 6.02. The number of ether oxygens (including phenoxy) is 1. The number of rotatable bonds is 4. The molecule has 1 saturated heterocycles. The van der Waals surface area contributed by atoms with Crippen LogP contribution in [-0.2, 0) is 9.53 Å². The summed E-state index contributed by atoms with van der Waals surface area (Å²) in [6, 6.07) is 5.93. The first kappa shape index (κ1) is 14.0. The molecule has 0 aliphatic carbocycles. The summed E-state index contributed by atoms with van der Waals surface area (Å²) in [6.45, 7) is 1.97. The van der Waals surface area contributed by atoms with Crippen molar-refractivity contribution in [3.63, 3.8) is 0 Å². The minimum absolute atomic E-state index is 0.0959. The van der Waals surface area contributed by atoms with Gasteiger partial charge in [-0.15, -0.1) is 0 Å². The Kier molecular flexibility index (Phi) is 4.50. The van der Waals surface area contributed by atoms with E-state index >= 15 is 0 Å². The zero-order chi connectivity index (χ0) is 13.7. The molecule has 2 rings (SSSR count). The zero-order valence-corrected chi connectivity index (χ0v) is 11.0. The molecule has 0 aromatic heterocycles. The Morgan fingerprint density at radius 2 is 2.21 bits per heavy atom. The van der Waals surface area contributed by atoms with Crippen molar-refractivity contribution in [1.82, 2.24) is 5.32 Å². The predicted octanol–water partition coefficient (Wildman–Crippen LogP) is 1.78. The summed E-state index contributed by atoms with van der Waals surface area (Å²) in [5.74, 6) is -0.453. The fourth-order valence-electron chi connectivity index (χ4n) is 2.45. The lowest BCUT2D eigenvalue weighted by atomic mass is 9.78. The van der Waals surface area contributed by atoms with Crippen LogP contribution >= 0.6 is 0 Å².